The van der Waals surface area contributed by atoms with E-state index in [1.807, 2.05) is 6.92 Å². The third-order valence-corrected chi connectivity index (χ3v) is 3.21. The molecule has 0 unspecified atom stereocenters. The van der Waals surface area contributed by atoms with Gasteiger partial charge in [-0.1, -0.05) is 19.8 Å². The third-order valence-electron chi connectivity index (χ3n) is 3.21. The number of nitrogens with zero attached hydrogens (tertiary/aromatic N) is 3. The number of carbonyl (C=O) groups excluding carboxylic acids is 2. The smallest absolute Gasteiger partial charge is 0.319 e. The summed E-state index contributed by atoms with van der Waals surface area (Å²) in [5, 5.41) is 2.53. The van der Waals surface area contributed by atoms with Gasteiger partial charge in [-0.25, -0.2) is 4.98 Å². The molecule has 0 spiro atoms. The average molecular weight is 316 g/mol. The highest BCUT2D eigenvalue weighted by Gasteiger charge is 2.16. The molecule has 124 valence electrons. The molecule has 0 aliphatic rings. The maximum absolute atomic E-state index is 12.7. The number of aromatic nitrogens is 2. The predicted octanol–water partition coefficient (Wildman–Crippen LogP) is 1.93. The van der Waals surface area contributed by atoms with Gasteiger partial charge in [0.05, 0.1) is 13.1 Å². The fourth-order valence-electron chi connectivity index (χ4n) is 1.88. The van der Waals surface area contributed by atoms with Gasteiger partial charge in [0, 0.05) is 25.9 Å². The Labute approximate surface area is 128 Å². The first-order valence-corrected chi connectivity index (χ1v) is 7.26. The van der Waals surface area contributed by atoms with Crippen molar-refractivity contribution in [1.29, 1.82) is 0 Å². The SMILES string of the molecule is CCCCCC(=O)NCC(=O)N(C)Cc1nccn1C(F)F. The molecular weight excluding hydrogens is 294 g/mol. The molecule has 1 heterocycles. The van der Waals surface area contributed by atoms with E-state index in [1.54, 1.807) is 0 Å². The lowest BCUT2D eigenvalue weighted by molar-refractivity contribution is -0.132. The van der Waals surface area contributed by atoms with Crippen LogP contribution in [0.15, 0.2) is 12.4 Å². The number of amides is 2. The second-order valence-corrected chi connectivity index (χ2v) is 5.01. The monoisotopic (exact) mass is 316 g/mol. The van der Waals surface area contributed by atoms with Crippen molar-refractivity contribution >= 4 is 11.8 Å². The molecule has 8 heteroatoms. The van der Waals surface area contributed by atoms with Crippen molar-refractivity contribution in [3.8, 4) is 0 Å². The highest BCUT2D eigenvalue weighted by atomic mass is 19.3. The number of rotatable bonds is 9. The molecule has 1 aromatic rings. The van der Waals surface area contributed by atoms with Crippen molar-refractivity contribution in [2.24, 2.45) is 0 Å². The molecule has 1 N–H and O–H groups in total. The van der Waals surface area contributed by atoms with Crippen LogP contribution in [0.4, 0.5) is 8.78 Å². The molecule has 0 aliphatic carbocycles. The molecule has 0 saturated carbocycles. The maximum Gasteiger partial charge on any atom is 0.319 e. The number of nitrogens with one attached hydrogen (secondary N) is 1. The van der Waals surface area contributed by atoms with Crippen LogP contribution in [0.3, 0.4) is 0 Å². The van der Waals surface area contributed by atoms with Crippen molar-refractivity contribution in [3.05, 3.63) is 18.2 Å². The van der Waals surface area contributed by atoms with Crippen LogP contribution in [-0.2, 0) is 16.1 Å². The minimum absolute atomic E-state index is 0.0398. The van der Waals surface area contributed by atoms with Crippen LogP contribution in [0.2, 0.25) is 0 Å². The Morgan fingerprint density at radius 2 is 2.14 bits per heavy atom. The zero-order chi connectivity index (χ0) is 16.5. The van der Waals surface area contributed by atoms with Gasteiger partial charge in [0.15, 0.2) is 0 Å². The molecule has 0 radical (unpaired) electrons. The highest BCUT2D eigenvalue weighted by Crippen LogP contribution is 2.13. The Balaban J connectivity index is 2.39. The average Bonchev–Trinajstić information content (AvgIpc) is 2.93. The summed E-state index contributed by atoms with van der Waals surface area (Å²) >= 11 is 0. The summed E-state index contributed by atoms with van der Waals surface area (Å²) in [5.41, 5.74) is 0. The lowest BCUT2D eigenvalue weighted by atomic mass is 10.2. The number of unbranched alkanes of at least 4 members (excludes halogenated alkanes) is 2. The second-order valence-electron chi connectivity index (χ2n) is 5.01. The fourth-order valence-corrected chi connectivity index (χ4v) is 1.88. The van der Waals surface area contributed by atoms with E-state index < -0.39 is 6.55 Å². The van der Waals surface area contributed by atoms with Crippen molar-refractivity contribution in [2.75, 3.05) is 13.6 Å². The zero-order valence-corrected chi connectivity index (χ0v) is 12.9. The minimum atomic E-state index is -2.70. The van der Waals surface area contributed by atoms with Gasteiger partial charge < -0.3 is 10.2 Å². The summed E-state index contributed by atoms with van der Waals surface area (Å²) in [6, 6.07) is 0. The molecule has 0 aromatic carbocycles. The summed E-state index contributed by atoms with van der Waals surface area (Å²) in [6.45, 7) is -0.836. The van der Waals surface area contributed by atoms with Gasteiger partial charge >= 0.3 is 6.55 Å². The number of halogens is 2. The number of imidazole rings is 1. The molecular formula is C14H22F2N4O2. The van der Waals surface area contributed by atoms with Gasteiger partial charge in [-0.2, -0.15) is 8.78 Å². The fraction of sp³-hybridized carbons (Fsp3) is 0.643. The summed E-state index contributed by atoms with van der Waals surface area (Å²) in [4.78, 5) is 28.4. The third kappa shape index (κ3) is 5.79. The van der Waals surface area contributed by atoms with E-state index in [0.29, 0.717) is 11.0 Å². The molecule has 1 aromatic heterocycles. The van der Waals surface area contributed by atoms with E-state index in [4.69, 9.17) is 0 Å². The molecule has 6 nitrogen and oxygen atoms in total. The Kier molecular flexibility index (Phi) is 7.48. The normalized spacial score (nSPS) is 10.8. The first kappa shape index (κ1) is 18.1. The topological polar surface area (TPSA) is 67.2 Å². The Morgan fingerprint density at radius 1 is 1.41 bits per heavy atom. The van der Waals surface area contributed by atoms with Crippen LogP contribution in [0.25, 0.3) is 0 Å². The number of alkyl halides is 2. The molecule has 22 heavy (non-hydrogen) atoms. The second kappa shape index (κ2) is 9.11. The Hall–Kier alpha value is -1.99. The maximum atomic E-state index is 12.7. The van der Waals surface area contributed by atoms with Crippen LogP contribution in [0.5, 0.6) is 0 Å². The molecule has 0 atom stereocenters. The molecule has 0 fully saturated rings. The summed E-state index contributed by atoms with van der Waals surface area (Å²) in [5.74, 6) is -0.433. The van der Waals surface area contributed by atoms with E-state index in [2.05, 4.69) is 10.3 Å². The van der Waals surface area contributed by atoms with E-state index >= 15 is 0 Å². The van der Waals surface area contributed by atoms with Crippen molar-refractivity contribution in [2.45, 2.75) is 45.7 Å². The molecule has 0 bridgehead atoms. The summed E-state index contributed by atoms with van der Waals surface area (Å²) in [6.07, 6.45) is 5.59. The van der Waals surface area contributed by atoms with E-state index in [0.717, 1.165) is 25.5 Å². The van der Waals surface area contributed by atoms with Gasteiger partial charge in [-0.3, -0.25) is 14.2 Å². The summed E-state index contributed by atoms with van der Waals surface area (Å²) < 4.78 is 26.1. The lowest BCUT2D eigenvalue weighted by Gasteiger charge is -2.18. The zero-order valence-electron chi connectivity index (χ0n) is 12.9. The summed E-state index contributed by atoms with van der Waals surface area (Å²) in [7, 11) is 1.48. The van der Waals surface area contributed by atoms with Crippen molar-refractivity contribution in [3.63, 3.8) is 0 Å². The van der Waals surface area contributed by atoms with Crippen molar-refractivity contribution < 1.29 is 18.4 Å². The van der Waals surface area contributed by atoms with Gasteiger partial charge in [-0.05, 0) is 6.42 Å². The lowest BCUT2D eigenvalue weighted by Crippen LogP contribution is -2.38. The number of hydrogen-bond donors (Lipinski definition) is 1. The molecule has 2 amide bonds. The van der Waals surface area contributed by atoms with Crippen LogP contribution >= 0.6 is 0 Å². The molecule has 0 saturated heterocycles. The quantitative estimate of drug-likeness (QED) is 0.708. The van der Waals surface area contributed by atoms with Gasteiger partial charge in [0.2, 0.25) is 11.8 Å². The largest absolute Gasteiger partial charge is 0.347 e. The predicted molar refractivity (Wildman–Crippen MR) is 77.1 cm³/mol. The number of hydrogen-bond acceptors (Lipinski definition) is 3. The van der Waals surface area contributed by atoms with Gasteiger partial charge in [0.1, 0.15) is 5.82 Å². The van der Waals surface area contributed by atoms with E-state index in [1.165, 1.54) is 18.1 Å². The van der Waals surface area contributed by atoms with E-state index in [9.17, 15) is 18.4 Å². The van der Waals surface area contributed by atoms with Crippen LogP contribution in [0, 0.1) is 0 Å². The number of likely N-dealkylation sites (N-methyl/N-ethyl adjacent to an activating group) is 1. The van der Waals surface area contributed by atoms with Crippen LogP contribution < -0.4 is 5.32 Å². The van der Waals surface area contributed by atoms with E-state index in [-0.39, 0.29) is 30.7 Å². The minimum Gasteiger partial charge on any atom is -0.347 e. The van der Waals surface area contributed by atoms with Gasteiger partial charge in [-0.15, -0.1) is 0 Å². The van der Waals surface area contributed by atoms with Gasteiger partial charge in [0.25, 0.3) is 0 Å². The first-order chi connectivity index (χ1) is 10.5. The van der Waals surface area contributed by atoms with Crippen LogP contribution in [-0.4, -0.2) is 39.9 Å². The number of carbonyl (C=O) groups is 2. The Morgan fingerprint density at radius 3 is 2.77 bits per heavy atom. The first-order valence-electron chi connectivity index (χ1n) is 7.26. The highest BCUT2D eigenvalue weighted by molar-refractivity contribution is 5.84. The molecule has 1 rings (SSSR count). The van der Waals surface area contributed by atoms with Crippen molar-refractivity contribution in [1.82, 2.24) is 19.8 Å². The standard InChI is InChI=1S/C14H22F2N4O2/c1-3-4-5-6-12(21)18-9-13(22)19(2)10-11-17-7-8-20(11)14(15)16/h7-8,14H,3-6,9-10H2,1-2H3,(H,18,21). The van der Waals surface area contributed by atoms with Crippen LogP contribution in [0.1, 0.15) is 45.0 Å². The Bertz CT molecular complexity index is 491. The molecule has 0 aliphatic heterocycles.